The zero-order valence-electron chi connectivity index (χ0n) is 13.8. The van der Waals surface area contributed by atoms with Crippen LogP contribution >= 0.6 is 0 Å². The number of carbonyl (C=O) groups excluding carboxylic acids is 1. The molecule has 126 valence electrons. The summed E-state index contributed by atoms with van der Waals surface area (Å²) in [6, 6.07) is 18.4. The molecule has 2 aromatic carbocycles. The van der Waals surface area contributed by atoms with E-state index in [0.717, 1.165) is 5.56 Å². The molecule has 3 aromatic rings. The van der Waals surface area contributed by atoms with Crippen LogP contribution in [0.2, 0.25) is 0 Å². The van der Waals surface area contributed by atoms with Gasteiger partial charge in [0.25, 0.3) is 0 Å². The largest absolute Gasteiger partial charge is 0.448 e. The van der Waals surface area contributed by atoms with Crippen LogP contribution in [0.25, 0.3) is 11.1 Å². The van der Waals surface area contributed by atoms with Gasteiger partial charge in [0.15, 0.2) is 0 Å². The third kappa shape index (κ3) is 2.85. The predicted molar refractivity (Wildman–Crippen MR) is 95.7 cm³/mol. The Labute approximate surface area is 146 Å². The Balaban J connectivity index is 1.53. The van der Waals surface area contributed by atoms with Crippen molar-refractivity contribution in [2.45, 2.75) is 12.3 Å². The van der Waals surface area contributed by atoms with E-state index in [-0.39, 0.29) is 12.5 Å². The first-order valence-corrected chi connectivity index (χ1v) is 8.41. The zero-order chi connectivity index (χ0) is 17.2. The first kappa shape index (κ1) is 15.7. The number of aliphatic hydroxyl groups is 1. The minimum Gasteiger partial charge on any atom is -0.448 e. The van der Waals surface area contributed by atoms with Gasteiger partial charge in [0.1, 0.15) is 6.61 Å². The maximum absolute atomic E-state index is 12.3. The standard InChI is InChI=1S/C21H19NO3/c23-12-10-15-9-11-22(13-15)21(24)25-14-20-18-7-3-1-5-16(18)17-6-2-4-8-19(17)20/h1-9,11,13,20,23H,10,12,14H2. The molecule has 0 saturated heterocycles. The summed E-state index contributed by atoms with van der Waals surface area (Å²) >= 11 is 0. The second-order valence-electron chi connectivity index (χ2n) is 6.20. The van der Waals surface area contributed by atoms with Crippen LogP contribution in [0.15, 0.2) is 67.0 Å². The summed E-state index contributed by atoms with van der Waals surface area (Å²) in [5.74, 6) is 0.0591. The molecule has 0 amide bonds. The number of nitrogens with zero attached hydrogens (tertiary/aromatic N) is 1. The first-order valence-electron chi connectivity index (χ1n) is 8.41. The van der Waals surface area contributed by atoms with Gasteiger partial charge in [-0.3, -0.25) is 4.57 Å². The Kier molecular flexibility index (Phi) is 4.12. The molecule has 0 unspecified atom stereocenters. The number of aliphatic hydroxyl groups excluding tert-OH is 1. The van der Waals surface area contributed by atoms with Crippen molar-refractivity contribution in [3.63, 3.8) is 0 Å². The highest BCUT2D eigenvalue weighted by Gasteiger charge is 2.29. The smallest absolute Gasteiger partial charge is 0.417 e. The molecule has 1 aliphatic carbocycles. The average Bonchev–Trinajstić information content (AvgIpc) is 3.23. The zero-order valence-corrected chi connectivity index (χ0v) is 13.8. The van der Waals surface area contributed by atoms with E-state index in [0.29, 0.717) is 13.0 Å². The van der Waals surface area contributed by atoms with Crippen LogP contribution in [0.5, 0.6) is 0 Å². The molecule has 1 aliphatic rings. The number of aromatic nitrogens is 1. The van der Waals surface area contributed by atoms with Gasteiger partial charge in [-0.1, -0.05) is 48.5 Å². The molecule has 4 rings (SSSR count). The van der Waals surface area contributed by atoms with E-state index in [2.05, 4.69) is 24.3 Å². The second-order valence-corrected chi connectivity index (χ2v) is 6.20. The van der Waals surface area contributed by atoms with Gasteiger partial charge in [-0.2, -0.15) is 0 Å². The molecule has 0 spiro atoms. The van der Waals surface area contributed by atoms with Crippen molar-refractivity contribution in [1.29, 1.82) is 0 Å². The number of ether oxygens (including phenoxy) is 1. The van der Waals surface area contributed by atoms with Crippen molar-refractivity contribution in [1.82, 2.24) is 4.57 Å². The van der Waals surface area contributed by atoms with Gasteiger partial charge < -0.3 is 9.84 Å². The third-order valence-corrected chi connectivity index (χ3v) is 4.70. The van der Waals surface area contributed by atoms with E-state index in [4.69, 9.17) is 9.84 Å². The summed E-state index contributed by atoms with van der Waals surface area (Å²) < 4.78 is 7.01. The lowest BCUT2D eigenvalue weighted by atomic mass is 9.98. The van der Waals surface area contributed by atoms with Crippen LogP contribution in [0.3, 0.4) is 0 Å². The maximum atomic E-state index is 12.3. The van der Waals surface area contributed by atoms with Gasteiger partial charge in [0.2, 0.25) is 0 Å². The van der Waals surface area contributed by atoms with Crippen LogP contribution in [-0.2, 0) is 11.2 Å². The number of hydrogen-bond donors (Lipinski definition) is 1. The highest BCUT2D eigenvalue weighted by atomic mass is 16.5. The van der Waals surface area contributed by atoms with Gasteiger partial charge in [-0.25, -0.2) is 4.79 Å². The molecule has 4 nitrogen and oxygen atoms in total. The number of rotatable bonds is 4. The summed E-state index contributed by atoms with van der Waals surface area (Å²) in [6.07, 6.45) is 3.51. The van der Waals surface area contributed by atoms with Crippen molar-refractivity contribution in [2.24, 2.45) is 0 Å². The van der Waals surface area contributed by atoms with Gasteiger partial charge in [-0.15, -0.1) is 0 Å². The molecule has 0 aliphatic heterocycles. The van der Waals surface area contributed by atoms with Crippen LogP contribution in [0.4, 0.5) is 4.79 Å². The molecule has 1 aromatic heterocycles. The summed E-state index contributed by atoms with van der Waals surface area (Å²) in [7, 11) is 0. The van der Waals surface area contributed by atoms with Gasteiger partial charge >= 0.3 is 6.09 Å². The van der Waals surface area contributed by atoms with E-state index in [1.165, 1.54) is 26.8 Å². The van der Waals surface area contributed by atoms with E-state index in [9.17, 15) is 4.79 Å². The molecule has 0 bridgehead atoms. The maximum Gasteiger partial charge on any atom is 0.417 e. The van der Waals surface area contributed by atoms with Crippen LogP contribution in [-0.4, -0.2) is 29.0 Å². The molecule has 0 fully saturated rings. The predicted octanol–water partition coefficient (Wildman–Crippen LogP) is 3.82. The molecular weight excluding hydrogens is 314 g/mol. The topological polar surface area (TPSA) is 51.5 Å². The number of carbonyl (C=O) groups is 1. The van der Waals surface area contributed by atoms with Crippen molar-refractivity contribution < 1.29 is 14.6 Å². The molecule has 25 heavy (non-hydrogen) atoms. The highest BCUT2D eigenvalue weighted by Crippen LogP contribution is 2.44. The SMILES string of the molecule is O=C(OCC1c2ccccc2-c2ccccc21)n1ccc(CCO)c1. The summed E-state index contributed by atoms with van der Waals surface area (Å²) in [5, 5.41) is 8.98. The first-order chi connectivity index (χ1) is 12.3. The molecule has 1 heterocycles. The summed E-state index contributed by atoms with van der Waals surface area (Å²) in [5.41, 5.74) is 5.74. The Bertz CT molecular complexity index is 867. The Morgan fingerprint density at radius 3 is 2.28 bits per heavy atom. The minimum absolute atomic E-state index is 0.0591. The lowest BCUT2D eigenvalue weighted by Crippen LogP contribution is -2.16. The van der Waals surface area contributed by atoms with E-state index in [1.54, 1.807) is 12.4 Å². The van der Waals surface area contributed by atoms with Crippen LogP contribution in [0.1, 0.15) is 22.6 Å². The second kappa shape index (κ2) is 6.57. The van der Waals surface area contributed by atoms with Crippen LogP contribution < -0.4 is 0 Å². The average molecular weight is 333 g/mol. The number of fused-ring (bicyclic) bond motifs is 3. The molecule has 0 saturated carbocycles. The fourth-order valence-electron chi connectivity index (χ4n) is 3.50. The fourth-order valence-corrected chi connectivity index (χ4v) is 3.50. The fraction of sp³-hybridized carbons (Fsp3) is 0.190. The Morgan fingerprint density at radius 1 is 1.00 bits per heavy atom. The Hall–Kier alpha value is -2.85. The third-order valence-electron chi connectivity index (χ3n) is 4.70. The monoisotopic (exact) mass is 333 g/mol. The van der Waals surface area contributed by atoms with Gasteiger partial charge in [0.05, 0.1) is 0 Å². The molecule has 0 radical (unpaired) electrons. The van der Waals surface area contributed by atoms with Gasteiger partial charge in [-0.05, 0) is 40.3 Å². The quantitative estimate of drug-likeness (QED) is 0.790. The minimum atomic E-state index is -0.397. The lowest BCUT2D eigenvalue weighted by molar-refractivity contribution is 0.144. The number of benzene rings is 2. The van der Waals surface area contributed by atoms with Crippen molar-refractivity contribution in [3.05, 3.63) is 83.7 Å². The van der Waals surface area contributed by atoms with Gasteiger partial charge in [0, 0.05) is 24.9 Å². The van der Waals surface area contributed by atoms with Crippen LogP contribution in [0, 0.1) is 0 Å². The van der Waals surface area contributed by atoms with Crippen molar-refractivity contribution >= 4 is 6.09 Å². The van der Waals surface area contributed by atoms with E-state index < -0.39 is 6.09 Å². The van der Waals surface area contributed by atoms with Crippen molar-refractivity contribution in [2.75, 3.05) is 13.2 Å². The molecule has 1 N–H and O–H groups in total. The summed E-state index contributed by atoms with van der Waals surface area (Å²) in [6.45, 7) is 0.370. The molecule has 0 atom stereocenters. The van der Waals surface area contributed by atoms with E-state index >= 15 is 0 Å². The molecular formula is C21H19NO3. The van der Waals surface area contributed by atoms with E-state index in [1.807, 2.05) is 30.3 Å². The molecule has 4 heteroatoms. The Morgan fingerprint density at radius 2 is 1.64 bits per heavy atom. The lowest BCUT2D eigenvalue weighted by Gasteiger charge is -2.14. The van der Waals surface area contributed by atoms with Crippen molar-refractivity contribution in [3.8, 4) is 11.1 Å². The summed E-state index contributed by atoms with van der Waals surface area (Å²) in [4.78, 5) is 12.3. The normalized spacial score (nSPS) is 12.7. The highest BCUT2D eigenvalue weighted by molar-refractivity contribution is 5.79. The number of hydrogen-bond acceptors (Lipinski definition) is 3.